The number of sulfone groups is 1. The van der Waals surface area contributed by atoms with E-state index in [0.717, 1.165) is 11.8 Å². The molecule has 2 aromatic heterocycles. The lowest BCUT2D eigenvalue weighted by molar-refractivity contribution is 0.102. The summed E-state index contributed by atoms with van der Waals surface area (Å²) in [6.45, 7) is 0. The van der Waals surface area contributed by atoms with E-state index < -0.39 is 9.84 Å². The molecule has 174 valence electrons. The first-order valence-electron chi connectivity index (χ1n) is 10.8. The molecule has 0 radical (unpaired) electrons. The van der Waals surface area contributed by atoms with Crippen molar-refractivity contribution in [3.8, 4) is 22.4 Å². The molecular formula is C26H21N5O3S. The van der Waals surface area contributed by atoms with Crippen molar-refractivity contribution in [3.63, 3.8) is 0 Å². The lowest BCUT2D eigenvalue weighted by atomic mass is 9.96. The van der Waals surface area contributed by atoms with Crippen LogP contribution in [-0.2, 0) is 16.9 Å². The zero-order chi connectivity index (χ0) is 24.6. The molecule has 2 heterocycles. The van der Waals surface area contributed by atoms with Gasteiger partial charge in [-0.25, -0.2) is 8.42 Å². The number of carbonyl (C=O) groups is 1. The Morgan fingerprint density at radius 3 is 2.31 bits per heavy atom. The minimum Gasteiger partial charge on any atom is -0.307 e. The number of fused-ring (bicyclic) bond motifs is 1. The van der Waals surface area contributed by atoms with E-state index in [2.05, 4.69) is 20.6 Å². The summed E-state index contributed by atoms with van der Waals surface area (Å²) in [5.41, 5.74) is 3.20. The Hall–Kier alpha value is -4.37. The van der Waals surface area contributed by atoms with E-state index in [1.807, 2.05) is 54.6 Å². The van der Waals surface area contributed by atoms with Gasteiger partial charge in [-0.3, -0.25) is 9.48 Å². The number of nitrogens with zero attached hydrogens (tertiary/aromatic N) is 4. The summed E-state index contributed by atoms with van der Waals surface area (Å²) in [5, 5.41) is 16.3. The Balaban J connectivity index is 1.68. The van der Waals surface area contributed by atoms with Gasteiger partial charge in [0.15, 0.2) is 14.9 Å². The van der Waals surface area contributed by atoms with Crippen molar-refractivity contribution >= 4 is 32.3 Å². The Labute approximate surface area is 202 Å². The zero-order valence-corrected chi connectivity index (χ0v) is 19.8. The maximum absolute atomic E-state index is 13.1. The van der Waals surface area contributed by atoms with Crippen LogP contribution in [0, 0.1) is 0 Å². The predicted molar refractivity (Wildman–Crippen MR) is 135 cm³/mol. The third kappa shape index (κ3) is 4.29. The fourth-order valence-electron chi connectivity index (χ4n) is 3.99. The molecule has 9 heteroatoms. The van der Waals surface area contributed by atoms with Crippen LogP contribution in [0.1, 0.15) is 10.4 Å². The zero-order valence-electron chi connectivity index (χ0n) is 19.0. The number of carbonyl (C=O) groups excluding carboxylic acids is 1. The number of hydrogen-bond donors (Lipinski definition) is 1. The number of anilines is 1. The molecule has 0 bridgehead atoms. The fraction of sp³-hybridized carbons (Fsp3) is 0.0769. The molecule has 8 nitrogen and oxygen atoms in total. The molecule has 0 saturated heterocycles. The maximum Gasteiger partial charge on any atom is 0.257 e. The Kier molecular flexibility index (Phi) is 5.62. The largest absolute Gasteiger partial charge is 0.307 e. The smallest absolute Gasteiger partial charge is 0.257 e. The van der Waals surface area contributed by atoms with Gasteiger partial charge in [0, 0.05) is 41.3 Å². The van der Waals surface area contributed by atoms with Crippen LogP contribution in [0.25, 0.3) is 33.2 Å². The van der Waals surface area contributed by atoms with Crippen LogP contribution in [0.5, 0.6) is 0 Å². The predicted octanol–water partition coefficient (Wildman–Crippen LogP) is 4.35. The van der Waals surface area contributed by atoms with Crippen molar-refractivity contribution in [1.29, 1.82) is 0 Å². The molecule has 0 atom stereocenters. The quantitative estimate of drug-likeness (QED) is 0.398. The molecule has 1 amide bonds. The first kappa shape index (κ1) is 22.4. The molecule has 0 spiro atoms. The summed E-state index contributed by atoms with van der Waals surface area (Å²) in [5.74, 6) is 0.260. The van der Waals surface area contributed by atoms with Crippen LogP contribution < -0.4 is 5.32 Å². The number of aromatic nitrogens is 4. The fourth-order valence-corrected chi connectivity index (χ4v) is 4.75. The highest BCUT2D eigenvalue weighted by Crippen LogP contribution is 2.34. The van der Waals surface area contributed by atoms with Crippen molar-refractivity contribution in [1.82, 2.24) is 20.0 Å². The third-order valence-corrected chi connectivity index (χ3v) is 6.69. The second-order valence-corrected chi connectivity index (χ2v) is 10.0. The average molecular weight is 484 g/mol. The number of hydrogen-bond acceptors (Lipinski definition) is 6. The molecular weight excluding hydrogens is 462 g/mol. The lowest BCUT2D eigenvalue weighted by Gasteiger charge is -2.13. The molecule has 0 fully saturated rings. The van der Waals surface area contributed by atoms with Gasteiger partial charge in [-0.15, -0.1) is 10.2 Å². The summed E-state index contributed by atoms with van der Waals surface area (Å²) in [4.78, 5) is 13.1. The molecule has 0 aliphatic rings. The summed E-state index contributed by atoms with van der Waals surface area (Å²) < 4.78 is 26.7. The van der Waals surface area contributed by atoms with Gasteiger partial charge in [0.2, 0.25) is 0 Å². The second kappa shape index (κ2) is 8.77. The Morgan fingerprint density at radius 1 is 0.857 bits per heavy atom. The molecule has 5 rings (SSSR count). The van der Waals surface area contributed by atoms with Gasteiger partial charge in [0.05, 0.1) is 6.20 Å². The minimum absolute atomic E-state index is 0.106. The van der Waals surface area contributed by atoms with Gasteiger partial charge in [-0.05, 0) is 23.3 Å². The van der Waals surface area contributed by atoms with Gasteiger partial charge in [-0.2, -0.15) is 5.10 Å². The number of rotatable bonds is 5. The standard InChI is InChI=1S/C26H21N5O3S/c1-31-23(14-15-27-31)28-25(32)21-11-7-6-10-19(21)18-12-13-20-22(16-18)26(35(2,33)34)30-29-24(20)17-8-4-3-5-9-17/h3-16H,1-2H3,(H,28,32). The highest BCUT2D eigenvalue weighted by atomic mass is 32.2. The molecule has 0 aliphatic heterocycles. The van der Waals surface area contributed by atoms with Crippen molar-refractivity contribution in [2.24, 2.45) is 7.05 Å². The number of aryl methyl sites for hydroxylation is 1. The highest BCUT2D eigenvalue weighted by molar-refractivity contribution is 7.90. The molecule has 1 N–H and O–H groups in total. The van der Waals surface area contributed by atoms with E-state index in [1.165, 1.54) is 0 Å². The van der Waals surface area contributed by atoms with Gasteiger partial charge < -0.3 is 5.32 Å². The number of amides is 1. The summed E-state index contributed by atoms with van der Waals surface area (Å²) >= 11 is 0. The molecule has 3 aromatic carbocycles. The van der Waals surface area contributed by atoms with Crippen molar-refractivity contribution in [2.45, 2.75) is 5.03 Å². The molecule has 0 saturated carbocycles. The molecule has 5 aromatic rings. The van der Waals surface area contributed by atoms with Crippen LogP contribution >= 0.6 is 0 Å². The van der Waals surface area contributed by atoms with E-state index >= 15 is 0 Å². The minimum atomic E-state index is -3.66. The van der Waals surface area contributed by atoms with E-state index in [4.69, 9.17) is 0 Å². The number of nitrogens with one attached hydrogen (secondary N) is 1. The first-order valence-corrected chi connectivity index (χ1v) is 12.7. The molecule has 35 heavy (non-hydrogen) atoms. The van der Waals surface area contributed by atoms with Crippen LogP contribution in [0.15, 0.2) is 90.1 Å². The van der Waals surface area contributed by atoms with E-state index in [9.17, 15) is 13.2 Å². The van der Waals surface area contributed by atoms with E-state index in [1.54, 1.807) is 42.2 Å². The van der Waals surface area contributed by atoms with Gasteiger partial charge in [0.25, 0.3) is 5.91 Å². The van der Waals surface area contributed by atoms with E-state index in [-0.39, 0.29) is 10.9 Å². The Morgan fingerprint density at radius 2 is 1.60 bits per heavy atom. The topological polar surface area (TPSA) is 107 Å². The number of benzene rings is 3. The van der Waals surface area contributed by atoms with Crippen LogP contribution in [0.3, 0.4) is 0 Å². The van der Waals surface area contributed by atoms with Crippen molar-refractivity contribution in [2.75, 3.05) is 11.6 Å². The van der Waals surface area contributed by atoms with Crippen LogP contribution in [-0.4, -0.2) is 40.6 Å². The van der Waals surface area contributed by atoms with Crippen LogP contribution in [0.4, 0.5) is 5.82 Å². The summed E-state index contributed by atoms with van der Waals surface area (Å²) in [7, 11) is -1.92. The monoisotopic (exact) mass is 483 g/mol. The highest BCUT2D eigenvalue weighted by Gasteiger charge is 2.20. The third-order valence-electron chi connectivity index (χ3n) is 5.69. The van der Waals surface area contributed by atoms with Gasteiger partial charge in [0.1, 0.15) is 11.5 Å². The SMILES string of the molecule is Cn1nccc1NC(=O)c1ccccc1-c1ccc2c(-c3ccccc3)nnc(S(C)(=O)=O)c2c1. The van der Waals surface area contributed by atoms with E-state index in [0.29, 0.717) is 39.0 Å². The van der Waals surface area contributed by atoms with Crippen LogP contribution in [0.2, 0.25) is 0 Å². The molecule has 0 aliphatic carbocycles. The first-order chi connectivity index (χ1) is 16.8. The molecule has 0 unspecified atom stereocenters. The summed E-state index contributed by atoms with van der Waals surface area (Å²) in [6, 6.07) is 23.8. The van der Waals surface area contributed by atoms with Crippen molar-refractivity contribution < 1.29 is 13.2 Å². The van der Waals surface area contributed by atoms with Crippen molar-refractivity contribution in [3.05, 3.63) is 90.6 Å². The second-order valence-electron chi connectivity index (χ2n) is 8.09. The Bertz CT molecular complexity index is 1680. The maximum atomic E-state index is 13.1. The van der Waals surface area contributed by atoms with Gasteiger partial charge in [-0.1, -0.05) is 60.7 Å². The lowest BCUT2D eigenvalue weighted by Crippen LogP contribution is -2.15. The van der Waals surface area contributed by atoms with Gasteiger partial charge >= 0.3 is 0 Å². The average Bonchev–Trinajstić information content (AvgIpc) is 3.27. The normalized spacial score (nSPS) is 11.5. The summed E-state index contributed by atoms with van der Waals surface area (Å²) in [6.07, 6.45) is 2.71.